The number of aryl methyl sites for hydroxylation is 2. The molecule has 1 fully saturated rings. The van der Waals surface area contributed by atoms with E-state index in [1.54, 1.807) is 20.0 Å². The molecule has 1 aliphatic rings. The van der Waals surface area contributed by atoms with Gasteiger partial charge in [-0.3, -0.25) is 9.59 Å². The van der Waals surface area contributed by atoms with Crippen molar-refractivity contribution in [2.75, 3.05) is 11.9 Å². The van der Waals surface area contributed by atoms with Crippen LogP contribution in [-0.4, -0.2) is 38.5 Å². The fraction of sp³-hybridized carbons (Fsp3) is 0.400. The van der Waals surface area contributed by atoms with Gasteiger partial charge in [0, 0.05) is 18.5 Å². The van der Waals surface area contributed by atoms with Crippen molar-refractivity contribution >= 4 is 17.5 Å². The van der Waals surface area contributed by atoms with Crippen molar-refractivity contribution in [3.05, 3.63) is 59.4 Å². The van der Waals surface area contributed by atoms with Crippen molar-refractivity contribution in [2.24, 2.45) is 5.92 Å². The summed E-state index contributed by atoms with van der Waals surface area (Å²) in [6.45, 7) is 5.40. The average Bonchev–Trinajstić information content (AvgIpc) is 3.54. The number of carbonyl (C=O) groups excluding carboxylic acids is 2. The first-order chi connectivity index (χ1) is 15.8. The van der Waals surface area contributed by atoms with Gasteiger partial charge in [0.05, 0.1) is 12.0 Å². The SMILES string of the molecule is Cc1cc(-c2ccnc(NC(=O)C3CC3)c2)ccc1CCC(=O)c1noc(C(C)(C)CO)n1. The largest absolute Gasteiger partial charge is 0.395 e. The number of aliphatic hydroxyl groups excluding tert-OH is 1. The Labute approximate surface area is 192 Å². The van der Waals surface area contributed by atoms with Gasteiger partial charge >= 0.3 is 0 Å². The van der Waals surface area contributed by atoms with Gasteiger partial charge < -0.3 is 14.9 Å². The van der Waals surface area contributed by atoms with Gasteiger partial charge in [-0.1, -0.05) is 23.4 Å². The number of nitrogens with zero attached hydrogens (tertiary/aromatic N) is 3. The second kappa shape index (κ2) is 9.23. The zero-order valence-corrected chi connectivity index (χ0v) is 19.1. The number of pyridine rings is 1. The van der Waals surface area contributed by atoms with Crippen molar-refractivity contribution in [3.8, 4) is 11.1 Å². The minimum atomic E-state index is -0.689. The second-order valence-corrected chi connectivity index (χ2v) is 9.22. The topological polar surface area (TPSA) is 118 Å². The molecule has 1 aromatic carbocycles. The van der Waals surface area contributed by atoms with Crippen LogP contribution in [-0.2, 0) is 16.6 Å². The Morgan fingerprint density at radius 2 is 1.94 bits per heavy atom. The highest BCUT2D eigenvalue weighted by Crippen LogP contribution is 2.31. The third-order valence-electron chi connectivity index (χ3n) is 5.91. The van der Waals surface area contributed by atoms with Crippen molar-refractivity contribution in [1.29, 1.82) is 0 Å². The van der Waals surface area contributed by atoms with Crippen LogP contribution >= 0.6 is 0 Å². The Morgan fingerprint density at radius 3 is 2.64 bits per heavy atom. The lowest BCUT2D eigenvalue weighted by Gasteiger charge is -2.14. The molecule has 0 bridgehead atoms. The van der Waals surface area contributed by atoms with Gasteiger partial charge in [0.2, 0.25) is 23.4 Å². The second-order valence-electron chi connectivity index (χ2n) is 9.22. The zero-order valence-electron chi connectivity index (χ0n) is 19.1. The van der Waals surface area contributed by atoms with Crippen LogP contribution in [0, 0.1) is 12.8 Å². The molecule has 8 heteroatoms. The number of anilines is 1. The monoisotopic (exact) mass is 448 g/mol. The van der Waals surface area contributed by atoms with E-state index in [4.69, 9.17) is 4.52 Å². The minimum Gasteiger partial charge on any atom is -0.395 e. The lowest BCUT2D eigenvalue weighted by Crippen LogP contribution is -2.22. The summed E-state index contributed by atoms with van der Waals surface area (Å²) < 4.78 is 5.16. The summed E-state index contributed by atoms with van der Waals surface area (Å²) in [6, 6.07) is 9.87. The number of amides is 1. The molecule has 0 atom stereocenters. The van der Waals surface area contributed by atoms with Gasteiger partial charge in [-0.15, -0.1) is 0 Å². The quantitative estimate of drug-likeness (QED) is 0.477. The molecule has 172 valence electrons. The number of ketones is 1. The summed E-state index contributed by atoms with van der Waals surface area (Å²) in [6.07, 6.45) is 4.39. The molecule has 1 saturated carbocycles. The molecular formula is C25H28N4O4. The lowest BCUT2D eigenvalue weighted by molar-refractivity contribution is -0.117. The predicted molar refractivity (Wildman–Crippen MR) is 123 cm³/mol. The lowest BCUT2D eigenvalue weighted by atomic mass is 9.95. The third-order valence-corrected chi connectivity index (χ3v) is 5.91. The molecule has 1 aliphatic carbocycles. The average molecular weight is 449 g/mol. The zero-order chi connectivity index (χ0) is 23.6. The van der Waals surface area contributed by atoms with E-state index in [-0.39, 0.29) is 42.4 Å². The van der Waals surface area contributed by atoms with Crippen molar-refractivity contribution in [3.63, 3.8) is 0 Å². The number of carbonyl (C=O) groups is 2. The van der Waals surface area contributed by atoms with Crippen LogP contribution in [0.5, 0.6) is 0 Å². The standard InChI is InChI=1S/C25H28N4O4/c1-15-12-18(19-10-11-26-21(13-19)27-23(32)17-5-6-17)7-4-16(15)8-9-20(31)22-28-24(33-29-22)25(2,3)14-30/h4,7,10-13,17,30H,5-6,8-9,14H2,1-3H3,(H,26,27,32). The van der Waals surface area contributed by atoms with Crippen molar-refractivity contribution < 1.29 is 19.2 Å². The Kier molecular flexibility index (Phi) is 6.37. The number of rotatable bonds is 9. The van der Waals surface area contributed by atoms with E-state index in [0.29, 0.717) is 12.2 Å². The summed E-state index contributed by atoms with van der Waals surface area (Å²) >= 11 is 0. The molecule has 2 N–H and O–H groups in total. The Morgan fingerprint density at radius 1 is 1.18 bits per heavy atom. The van der Waals surface area contributed by atoms with Gasteiger partial charge in [0.1, 0.15) is 5.82 Å². The first kappa shape index (κ1) is 22.8. The maximum Gasteiger partial charge on any atom is 0.238 e. The minimum absolute atomic E-state index is 0.0319. The van der Waals surface area contributed by atoms with Gasteiger partial charge in [0.15, 0.2) is 0 Å². The first-order valence-corrected chi connectivity index (χ1v) is 11.1. The molecule has 1 amide bonds. The molecule has 3 aromatic rings. The first-order valence-electron chi connectivity index (χ1n) is 11.1. The molecule has 0 aliphatic heterocycles. The summed E-state index contributed by atoms with van der Waals surface area (Å²) in [5.74, 6) is 0.801. The van der Waals surface area contributed by atoms with Crippen molar-refractivity contribution in [2.45, 2.75) is 51.9 Å². The Balaban J connectivity index is 1.41. The fourth-order valence-electron chi connectivity index (χ4n) is 3.45. The maximum absolute atomic E-state index is 12.5. The molecule has 2 heterocycles. The van der Waals surface area contributed by atoms with Crippen LogP contribution in [0.4, 0.5) is 5.82 Å². The van der Waals surface area contributed by atoms with E-state index in [1.807, 2.05) is 31.2 Å². The Hall–Kier alpha value is -3.39. The van der Waals surface area contributed by atoms with Gasteiger partial charge in [-0.2, -0.15) is 4.98 Å². The normalized spacial score (nSPS) is 13.7. The highest BCUT2D eigenvalue weighted by molar-refractivity contribution is 5.94. The van der Waals surface area contributed by atoms with Crippen LogP contribution in [0.3, 0.4) is 0 Å². The fourth-order valence-corrected chi connectivity index (χ4v) is 3.45. The van der Waals surface area contributed by atoms with E-state index in [2.05, 4.69) is 26.5 Å². The summed E-state index contributed by atoms with van der Waals surface area (Å²) in [5, 5.41) is 16.1. The van der Waals surface area contributed by atoms with E-state index < -0.39 is 5.41 Å². The number of hydrogen-bond acceptors (Lipinski definition) is 7. The number of nitrogens with one attached hydrogen (secondary N) is 1. The number of benzene rings is 1. The van der Waals surface area contributed by atoms with E-state index in [9.17, 15) is 14.7 Å². The number of aromatic nitrogens is 3. The van der Waals surface area contributed by atoms with Gasteiger partial charge in [-0.25, -0.2) is 4.98 Å². The van der Waals surface area contributed by atoms with Crippen LogP contribution in [0.15, 0.2) is 41.1 Å². The van der Waals surface area contributed by atoms with Gasteiger partial charge in [-0.05, 0) is 74.4 Å². The molecule has 33 heavy (non-hydrogen) atoms. The summed E-state index contributed by atoms with van der Waals surface area (Å²) in [4.78, 5) is 33.0. The molecule has 4 rings (SSSR count). The molecule has 2 aromatic heterocycles. The smallest absolute Gasteiger partial charge is 0.238 e. The Bertz CT molecular complexity index is 1180. The molecule has 0 unspecified atom stereocenters. The number of aliphatic hydroxyl groups is 1. The molecule has 0 radical (unpaired) electrons. The van der Waals surface area contributed by atoms with E-state index >= 15 is 0 Å². The summed E-state index contributed by atoms with van der Waals surface area (Å²) in [7, 11) is 0. The van der Waals surface area contributed by atoms with Gasteiger partial charge in [0.25, 0.3) is 0 Å². The maximum atomic E-state index is 12.5. The van der Waals surface area contributed by atoms with Crippen molar-refractivity contribution in [1.82, 2.24) is 15.1 Å². The number of Topliss-reactive ketones (excluding diaryl/α,β-unsaturated/α-hetero) is 1. The molecule has 0 saturated heterocycles. The van der Waals surface area contributed by atoms with Crippen LogP contribution in [0.2, 0.25) is 0 Å². The highest BCUT2D eigenvalue weighted by atomic mass is 16.5. The van der Waals surface area contributed by atoms with E-state index in [1.165, 1.54) is 0 Å². The third kappa shape index (κ3) is 5.34. The van der Waals surface area contributed by atoms with Crippen LogP contribution in [0.1, 0.15) is 60.7 Å². The summed E-state index contributed by atoms with van der Waals surface area (Å²) in [5.41, 5.74) is 3.41. The molecule has 0 spiro atoms. The van der Waals surface area contributed by atoms with E-state index in [0.717, 1.165) is 35.1 Å². The predicted octanol–water partition coefficient (Wildman–Crippen LogP) is 3.87. The highest BCUT2D eigenvalue weighted by Gasteiger charge is 2.30. The van der Waals surface area contributed by atoms with Crippen LogP contribution < -0.4 is 5.32 Å². The molecular weight excluding hydrogens is 420 g/mol. The number of hydrogen-bond donors (Lipinski definition) is 2. The van der Waals surface area contributed by atoms with Crippen LogP contribution in [0.25, 0.3) is 11.1 Å². The molecule has 8 nitrogen and oxygen atoms in total.